The van der Waals surface area contributed by atoms with Crippen molar-refractivity contribution < 1.29 is 34.7 Å². The summed E-state index contributed by atoms with van der Waals surface area (Å²) in [5, 5.41) is 36.3. The van der Waals surface area contributed by atoms with Gasteiger partial charge in [-0.15, -0.1) is 0 Å². The highest BCUT2D eigenvalue weighted by Gasteiger charge is 2.46. The number of aliphatic carboxylic acids is 1. The van der Waals surface area contributed by atoms with Crippen molar-refractivity contribution in [2.75, 3.05) is 7.11 Å². The van der Waals surface area contributed by atoms with Crippen LogP contribution in [-0.2, 0) is 14.3 Å². The van der Waals surface area contributed by atoms with Crippen molar-refractivity contribution in [1.29, 1.82) is 0 Å². The molecule has 0 aromatic rings. The standard InChI is InChI=1S/C7H12O7.C2H6/c1-13-7-4(10)2(8)3(9)5(14-7)6(11)12;1-2/h2-5,7-10H,1H3,(H,11,12);1-2H3/t2-,3-,4+,5-,7+;/m0./s1. The maximum absolute atomic E-state index is 10.5. The fourth-order valence-electron chi connectivity index (χ4n) is 1.25. The number of carboxylic acid groups (broad SMARTS) is 1. The Morgan fingerprint density at radius 2 is 1.62 bits per heavy atom. The molecule has 0 saturated carbocycles. The third kappa shape index (κ3) is 3.13. The van der Waals surface area contributed by atoms with Crippen molar-refractivity contribution >= 4 is 5.97 Å². The second kappa shape index (κ2) is 6.77. The minimum absolute atomic E-state index is 1.19. The number of hydrogen-bond acceptors (Lipinski definition) is 6. The van der Waals surface area contributed by atoms with Crippen LogP contribution in [0.4, 0.5) is 0 Å². The summed E-state index contributed by atoms with van der Waals surface area (Å²) in [6, 6.07) is 0. The van der Waals surface area contributed by atoms with Gasteiger partial charge in [-0.1, -0.05) is 13.8 Å². The summed E-state index contributed by atoms with van der Waals surface area (Å²) in [4.78, 5) is 10.5. The van der Waals surface area contributed by atoms with Crippen LogP contribution in [0.1, 0.15) is 13.8 Å². The summed E-state index contributed by atoms with van der Waals surface area (Å²) < 4.78 is 9.31. The van der Waals surface area contributed by atoms with E-state index < -0.39 is 36.7 Å². The van der Waals surface area contributed by atoms with E-state index in [1.54, 1.807) is 0 Å². The SMILES string of the molecule is CC.CO[C@@H]1O[C@H](C(=O)O)[C@@H](O)[C@H](O)[C@H]1O. The molecule has 0 bridgehead atoms. The van der Waals surface area contributed by atoms with E-state index in [1.807, 2.05) is 13.8 Å². The van der Waals surface area contributed by atoms with E-state index in [9.17, 15) is 20.1 Å². The van der Waals surface area contributed by atoms with Crippen LogP contribution in [0, 0.1) is 0 Å². The van der Waals surface area contributed by atoms with E-state index in [0.717, 1.165) is 0 Å². The number of ether oxygens (including phenoxy) is 2. The molecule has 0 radical (unpaired) electrons. The van der Waals surface area contributed by atoms with Gasteiger partial charge in [0.2, 0.25) is 0 Å². The Morgan fingerprint density at radius 1 is 1.12 bits per heavy atom. The van der Waals surface area contributed by atoms with Gasteiger partial charge in [0.05, 0.1) is 0 Å². The highest BCUT2D eigenvalue weighted by Crippen LogP contribution is 2.21. The van der Waals surface area contributed by atoms with Crippen LogP contribution in [0.25, 0.3) is 0 Å². The van der Waals surface area contributed by atoms with Crippen molar-refractivity contribution in [2.24, 2.45) is 0 Å². The summed E-state index contributed by atoms with van der Waals surface area (Å²) >= 11 is 0. The van der Waals surface area contributed by atoms with Gasteiger partial charge in [-0.3, -0.25) is 0 Å². The number of methoxy groups -OCH3 is 1. The van der Waals surface area contributed by atoms with Gasteiger partial charge in [-0.05, 0) is 0 Å². The average Bonchev–Trinajstić information content (AvgIpc) is 2.28. The topological polar surface area (TPSA) is 116 Å². The molecule has 0 unspecified atom stereocenters. The molecule has 0 amide bonds. The summed E-state index contributed by atoms with van der Waals surface area (Å²) in [5.74, 6) is -1.43. The van der Waals surface area contributed by atoms with Gasteiger partial charge in [-0.25, -0.2) is 4.79 Å². The van der Waals surface area contributed by atoms with E-state index in [2.05, 4.69) is 4.74 Å². The van der Waals surface area contributed by atoms with Crippen LogP contribution in [0.5, 0.6) is 0 Å². The molecule has 1 rings (SSSR count). The number of carbonyl (C=O) groups is 1. The van der Waals surface area contributed by atoms with Crippen molar-refractivity contribution in [2.45, 2.75) is 44.6 Å². The van der Waals surface area contributed by atoms with Crippen molar-refractivity contribution in [3.8, 4) is 0 Å². The van der Waals surface area contributed by atoms with Crippen LogP contribution in [0.15, 0.2) is 0 Å². The Balaban J connectivity index is 0.00000106. The molecule has 5 atom stereocenters. The summed E-state index contributed by atoms with van der Waals surface area (Å²) in [5.41, 5.74) is 0. The molecule has 1 fully saturated rings. The first-order valence-corrected chi connectivity index (χ1v) is 4.94. The fourth-order valence-corrected chi connectivity index (χ4v) is 1.25. The number of carboxylic acids is 1. The second-order valence-electron chi connectivity index (χ2n) is 2.97. The number of aliphatic hydroxyl groups is 3. The lowest BCUT2D eigenvalue weighted by Gasteiger charge is -2.37. The number of rotatable bonds is 2. The minimum Gasteiger partial charge on any atom is -0.479 e. The lowest BCUT2D eigenvalue weighted by Crippen LogP contribution is -2.60. The molecule has 16 heavy (non-hydrogen) atoms. The first-order valence-electron chi connectivity index (χ1n) is 4.94. The Hall–Kier alpha value is -0.730. The molecular formula is C9H18O7. The third-order valence-electron chi connectivity index (χ3n) is 2.05. The van der Waals surface area contributed by atoms with Gasteiger partial charge >= 0.3 is 5.97 Å². The maximum Gasteiger partial charge on any atom is 0.335 e. The quantitative estimate of drug-likeness (QED) is 0.465. The van der Waals surface area contributed by atoms with Crippen molar-refractivity contribution in [1.82, 2.24) is 0 Å². The Labute approximate surface area is 93.2 Å². The molecule has 1 aliphatic rings. The average molecular weight is 238 g/mol. The highest BCUT2D eigenvalue weighted by atomic mass is 16.7. The normalized spacial score (nSPS) is 38.5. The van der Waals surface area contributed by atoms with Crippen LogP contribution >= 0.6 is 0 Å². The maximum atomic E-state index is 10.5. The van der Waals surface area contributed by atoms with Gasteiger partial charge in [0.1, 0.15) is 18.3 Å². The van der Waals surface area contributed by atoms with E-state index in [1.165, 1.54) is 7.11 Å². The summed E-state index contributed by atoms with van der Waals surface area (Å²) in [7, 11) is 1.19. The zero-order valence-electron chi connectivity index (χ0n) is 9.40. The van der Waals surface area contributed by atoms with Crippen molar-refractivity contribution in [3.05, 3.63) is 0 Å². The van der Waals surface area contributed by atoms with Crippen LogP contribution in [0.2, 0.25) is 0 Å². The molecule has 0 aromatic carbocycles. The Bertz CT molecular complexity index is 218. The van der Waals surface area contributed by atoms with Crippen LogP contribution in [-0.4, -0.2) is 64.2 Å². The van der Waals surface area contributed by atoms with E-state index in [0.29, 0.717) is 0 Å². The van der Waals surface area contributed by atoms with Gasteiger partial charge in [0.15, 0.2) is 12.4 Å². The van der Waals surface area contributed by atoms with Gasteiger partial charge < -0.3 is 29.9 Å². The van der Waals surface area contributed by atoms with Crippen molar-refractivity contribution in [3.63, 3.8) is 0 Å². The lowest BCUT2D eigenvalue weighted by molar-refractivity contribution is -0.287. The molecule has 7 nitrogen and oxygen atoms in total. The monoisotopic (exact) mass is 238 g/mol. The predicted octanol–water partition coefficient (Wildman–Crippen LogP) is -1.45. The fraction of sp³-hybridized carbons (Fsp3) is 0.889. The van der Waals surface area contributed by atoms with E-state index in [4.69, 9.17) is 9.84 Å². The van der Waals surface area contributed by atoms with Gasteiger partial charge in [-0.2, -0.15) is 0 Å². The molecule has 1 saturated heterocycles. The predicted molar refractivity (Wildman–Crippen MR) is 52.7 cm³/mol. The van der Waals surface area contributed by atoms with E-state index in [-0.39, 0.29) is 0 Å². The second-order valence-corrected chi connectivity index (χ2v) is 2.97. The molecule has 0 spiro atoms. The highest BCUT2D eigenvalue weighted by molar-refractivity contribution is 5.73. The van der Waals surface area contributed by atoms with Gasteiger partial charge in [0.25, 0.3) is 0 Å². The molecular weight excluding hydrogens is 220 g/mol. The number of aliphatic hydroxyl groups excluding tert-OH is 3. The van der Waals surface area contributed by atoms with E-state index >= 15 is 0 Å². The minimum atomic E-state index is -1.67. The van der Waals surface area contributed by atoms with Crippen LogP contribution in [0.3, 0.4) is 0 Å². The molecule has 7 heteroatoms. The molecule has 0 aliphatic carbocycles. The zero-order chi connectivity index (χ0) is 12.9. The molecule has 1 aliphatic heterocycles. The molecule has 4 N–H and O–H groups in total. The third-order valence-corrected chi connectivity index (χ3v) is 2.05. The smallest absolute Gasteiger partial charge is 0.335 e. The Morgan fingerprint density at radius 3 is 2.00 bits per heavy atom. The zero-order valence-corrected chi connectivity index (χ0v) is 9.40. The Kier molecular flexibility index (Phi) is 6.46. The molecule has 1 heterocycles. The first kappa shape index (κ1) is 15.3. The molecule has 0 aromatic heterocycles. The largest absolute Gasteiger partial charge is 0.479 e. The summed E-state index contributed by atoms with van der Waals surface area (Å²) in [6.07, 6.45) is -7.60. The number of hydrogen-bond donors (Lipinski definition) is 4. The van der Waals surface area contributed by atoms with Gasteiger partial charge in [0, 0.05) is 7.11 Å². The lowest BCUT2D eigenvalue weighted by atomic mass is 9.99. The summed E-state index contributed by atoms with van der Waals surface area (Å²) in [6.45, 7) is 4.00. The molecule has 96 valence electrons. The van der Waals surface area contributed by atoms with Crippen LogP contribution < -0.4 is 0 Å². The first-order chi connectivity index (χ1) is 7.49.